The first-order valence-electron chi connectivity index (χ1n) is 6.80. The Morgan fingerprint density at radius 3 is 2.70 bits per heavy atom. The van der Waals surface area contributed by atoms with E-state index in [0.717, 1.165) is 18.4 Å². The molecular weight excluding hydrogens is 278 g/mol. The Hall–Kier alpha value is -1.30. The zero-order valence-corrected chi connectivity index (χ0v) is 12.9. The SMILES string of the molecule is CC(CS(C)(=O)=O)C(=O)NCc1ccc(C2CC2C)o1. The second-order valence-corrected chi connectivity index (χ2v) is 8.02. The quantitative estimate of drug-likeness (QED) is 0.867. The fourth-order valence-corrected chi connectivity index (χ4v) is 3.35. The van der Waals surface area contributed by atoms with Crippen molar-refractivity contribution >= 4 is 15.7 Å². The topological polar surface area (TPSA) is 76.4 Å². The summed E-state index contributed by atoms with van der Waals surface area (Å²) >= 11 is 0. The van der Waals surface area contributed by atoms with E-state index in [1.807, 2.05) is 12.1 Å². The molecule has 5 nitrogen and oxygen atoms in total. The van der Waals surface area contributed by atoms with Crippen LogP contribution in [-0.4, -0.2) is 26.3 Å². The maximum Gasteiger partial charge on any atom is 0.224 e. The summed E-state index contributed by atoms with van der Waals surface area (Å²) in [6.45, 7) is 4.09. The molecule has 0 aliphatic heterocycles. The van der Waals surface area contributed by atoms with Gasteiger partial charge in [-0.2, -0.15) is 0 Å². The van der Waals surface area contributed by atoms with Gasteiger partial charge in [-0.05, 0) is 24.5 Å². The normalized spacial score (nSPS) is 23.4. The lowest BCUT2D eigenvalue weighted by Crippen LogP contribution is -2.32. The average Bonchev–Trinajstić information content (AvgIpc) is 2.88. The van der Waals surface area contributed by atoms with Crippen LogP contribution in [0.3, 0.4) is 0 Å². The van der Waals surface area contributed by atoms with Crippen LogP contribution in [-0.2, 0) is 21.2 Å². The second-order valence-electron chi connectivity index (χ2n) is 5.83. The third-order valence-corrected chi connectivity index (χ3v) is 4.70. The van der Waals surface area contributed by atoms with Gasteiger partial charge in [0.2, 0.25) is 5.91 Å². The minimum Gasteiger partial charge on any atom is -0.464 e. The molecule has 1 aromatic rings. The van der Waals surface area contributed by atoms with Gasteiger partial charge < -0.3 is 9.73 Å². The maximum absolute atomic E-state index is 11.8. The molecule has 0 aromatic carbocycles. The largest absolute Gasteiger partial charge is 0.464 e. The third kappa shape index (κ3) is 4.10. The Labute approximate surface area is 119 Å². The van der Waals surface area contributed by atoms with Crippen LogP contribution in [0.4, 0.5) is 0 Å². The second kappa shape index (κ2) is 5.60. The summed E-state index contributed by atoms with van der Waals surface area (Å²) in [5, 5.41) is 2.71. The van der Waals surface area contributed by atoms with Gasteiger partial charge in [0.1, 0.15) is 21.4 Å². The zero-order chi connectivity index (χ0) is 14.9. The molecule has 3 atom stereocenters. The molecular formula is C14H21NO4S. The minimum atomic E-state index is -3.14. The molecule has 1 fully saturated rings. The first-order valence-corrected chi connectivity index (χ1v) is 8.86. The van der Waals surface area contributed by atoms with Crippen molar-refractivity contribution in [2.75, 3.05) is 12.0 Å². The van der Waals surface area contributed by atoms with E-state index >= 15 is 0 Å². The summed E-state index contributed by atoms with van der Waals surface area (Å²) in [5.74, 6) is 1.92. The summed E-state index contributed by atoms with van der Waals surface area (Å²) in [5.41, 5.74) is 0. The molecule has 1 saturated carbocycles. The Morgan fingerprint density at radius 2 is 2.15 bits per heavy atom. The van der Waals surface area contributed by atoms with Gasteiger partial charge >= 0.3 is 0 Å². The minimum absolute atomic E-state index is 0.137. The van der Waals surface area contributed by atoms with Crippen molar-refractivity contribution in [2.45, 2.75) is 32.7 Å². The fourth-order valence-electron chi connectivity index (χ4n) is 2.29. The molecule has 0 radical (unpaired) electrons. The van der Waals surface area contributed by atoms with Crippen molar-refractivity contribution < 1.29 is 17.6 Å². The lowest BCUT2D eigenvalue weighted by molar-refractivity contribution is -0.124. The van der Waals surface area contributed by atoms with Crippen LogP contribution >= 0.6 is 0 Å². The molecule has 0 bridgehead atoms. The Bertz CT molecular complexity index is 590. The van der Waals surface area contributed by atoms with Crippen molar-refractivity contribution in [3.05, 3.63) is 23.7 Å². The number of carbonyl (C=O) groups excluding carboxylic acids is 1. The summed E-state index contributed by atoms with van der Waals surface area (Å²) in [6.07, 6.45) is 2.29. The van der Waals surface area contributed by atoms with Gasteiger partial charge in [-0.1, -0.05) is 13.8 Å². The molecule has 1 aromatic heterocycles. The maximum atomic E-state index is 11.8. The lowest BCUT2D eigenvalue weighted by atomic mass is 10.2. The number of hydrogen-bond donors (Lipinski definition) is 1. The van der Waals surface area contributed by atoms with Crippen LogP contribution in [0, 0.1) is 11.8 Å². The van der Waals surface area contributed by atoms with Gasteiger partial charge in [0.05, 0.1) is 12.3 Å². The first-order chi connectivity index (χ1) is 9.26. The van der Waals surface area contributed by atoms with E-state index in [-0.39, 0.29) is 11.7 Å². The summed E-state index contributed by atoms with van der Waals surface area (Å²) in [7, 11) is -3.14. The number of hydrogen-bond acceptors (Lipinski definition) is 4. The van der Waals surface area contributed by atoms with Crippen LogP contribution in [0.15, 0.2) is 16.5 Å². The Morgan fingerprint density at radius 1 is 1.50 bits per heavy atom. The summed E-state index contributed by atoms with van der Waals surface area (Å²) < 4.78 is 28.0. The summed E-state index contributed by atoms with van der Waals surface area (Å²) in [6, 6.07) is 3.82. The molecule has 2 rings (SSSR count). The molecule has 0 spiro atoms. The Balaban J connectivity index is 1.82. The van der Waals surface area contributed by atoms with E-state index in [4.69, 9.17) is 4.42 Å². The van der Waals surface area contributed by atoms with Crippen molar-refractivity contribution in [3.8, 4) is 0 Å². The molecule has 0 saturated heterocycles. The van der Waals surface area contributed by atoms with Crippen molar-refractivity contribution in [2.24, 2.45) is 11.8 Å². The monoisotopic (exact) mass is 299 g/mol. The van der Waals surface area contributed by atoms with E-state index in [1.165, 1.54) is 0 Å². The Kier molecular flexibility index (Phi) is 4.22. The van der Waals surface area contributed by atoms with E-state index in [2.05, 4.69) is 12.2 Å². The molecule has 3 unspecified atom stereocenters. The molecule has 6 heteroatoms. The molecule has 20 heavy (non-hydrogen) atoms. The highest BCUT2D eigenvalue weighted by atomic mass is 32.2. The fraction of sp³-hybridized carbons (Fsp3) is 0.643. The molecule has 112 valence electrons. The predicted octanol–water partition coefficient (Wildman–Crippen LogP) is 1.70. The highest BCUT2D eigenvalue weighted by Crippen LogP contribution is 2.47. The van der Waals surface area contributed by atoms with Crippen LogP contribution in [0.1, 0.15) is 37.7 Å². The summed E-state index contributed by atoms with van der Waals surface area (Å²) in [4.78, 5) is 11.8. The van der Waals surface area contributed by atoms with Gasteiger partial charge in [-0.3, -0.25) is 4.79 Å². The van der Waals surface area contributed by atoms with Crippen LogP contribution in [0.5, 0.6) is 0 Å². The van der Waals surface area contributed by atoms with Gasteiger partial charge in [0.15, 0.2) is 0 Å². The first kappa shape index (κ1) is 15.1. The number of amides is 1. The van der Waals surface area contributed by atoms with Gasteiger partial charge in [0.25, 0.3) is 0 Å². The predicted molar refractivity (Wildman–Crippen MR) is 76.0 cm³/mol. The van der Waals surface area contributed by atoms with Crippen LogP contribution in [0.25, 0.3) is 0 Å². The number of sulfone groups is 1. The molecule has 1 aliphatic carbocycles. The highest BCUT2D eigenvalue weighted by molar-refractivity contribution is 7.90. The molecule has 1 aliphatic rings. The van der Waals surface area contributed by atoms with Gasteiger partial charge in [0, 0.05) is 18.1 Å². The zero-order valence-electron chi connectivity index (χ0n) is 12.0. The molecule has 1 N–H and O–H groups in total. The van der Waals surface area contributed by atoms with Crippen molar-refractivity contribution in [3.63, 3.8) is 0 Å². The van der Waals surface area contributed by atoms with Gasteiger partial charge in [-0.25, -0.2) is 8.42 Å². The number of furan rings is 1. The van der Waals surface area contributed by atoms with Crippen molar-refractivity contribution in [1.29, 1.82) is 0 Å². The molecule has 1 heterocycles. The average molecular weight is 299 g/mol. The van der Waals surface area contributed by atoms with E-state index in [1.54, 1.807) is 6.92 Å². The lowest BCUT2D eigenvalue weighted by Gasteiger charge is -2.10. The van der Waals surface area contributed by atoms with Crippen LogP contribution in [0.2, 0.25) is 0 Å². The third-order valence-electron chi connectivity index (χ3n) is 3.59. The highest BCUT2D eigenvalue weighted by Gasteiger charge is 2.36. The van der Waals surface area contributed by atoms with Crippen LogP contribution < -0.4 is 5.32 Å². The van der Waals surface area contributed by atoms with E-state index in [0.29, 0.717) is 24.1 Å². The van der Waals surface area contributed by atoms with E-state index in [9.17, 15) is 13.2 Å². The number of nitrogens with one attached hydrogen (secondary N) is 1. The standard InChI is InChI=1S/C14H21NO4S/c1-9-6-12(9)13-5-4-11(19-13)7-15-14(16)10(2)8-20(3,17)18/h4-5,9-10,12H,6-8H2,1-3H3,(H,15,16). The number of rotatable bonds is 6. The smallest absolute Gasteiger partial charge is 0.224 e. The van der Waals surface area contributed by atoms with Gasteiger partial charge in [-0.15, -0.1) is 0 Å². The van der Waals surface area contributed by atoms with Crippen molar-refractivity contribution in [1.82, 2.24) is 5.32 Å². The van der Waals surface area contributed by atoms with E-state index < -0.39 is 15.8 Å². The number of carbonyl (C=O) groups is 1. The molecule has 1 amide bonds.